The Labute approximate surface area is 196 Å². The summed E-state index contributed by atoms with van der Waals surface area (Å²) >= 11 is 0. The standard InChI is InChI=1S/C27H33NO5/c1-6-28(7-2)21-12-9-18(10-13-21)22-15-20(16-23(29)26(22)27(30)33-8-3)19-11-14-24(31-4)25(17-19)32-5/h9-14,16-17,22,26H,6-8,15H2,1-5H3. The molecule has 0 amide bonds. The molecule has 0 aromatic heterocycles. The molecule has 0 fully saturated rings. The van der Waals surface area contributed by atoms with Gasteiger partial charge in [-0.3, -0.25) is 9.59 Å². The summed E-state index contributed by atoms with van der Waals surface area (Å²) in [6.07, 6.45) is 2.11. The number of hydrogen-bond donors (Lipinski definition) is 0. The molecule has 2 aromatic rings. The third kappa shape index (κ3) is 5.21. The molecule has 33 heavy (non-hydrogen) atoms. The Balaban J connectivity index is 2.00. The third-order valence-corrected chi connectivity index (χ3v) is 6.21. The van der Waals surface area contributed by atoms with Crippen molar-refractivity contribution in [2.45, 2.75) is 33.1 Å². The normalized spacial score (nSPS) is 17.8. The van der Waals surface area contributed by atoms with Gasteiger partial charge in [0.1, 0.15) is 5.92 Å². The highest BCUT2D eigenvalue weighted by Gasteiger charge is 2.39. The van der Waals surface area contributed by atoms with E-state index >= 15 is 0 Å². The molecule has 0 aliphatic heterocycles. The number of esters is 1. The number of ether oxygens (including phenoxy) is 3. The van der Waals surface area contributed by atoms with Crippen molar-refractivity contribution in [3.8, 4) is 11.5 Å². The van der Waals surface area contributed by atoms with Crippen LogP contribution in [0.25, 0.3) is 5.57 Å². The summed E-state index contributed by atoms with van der Waals surface area (Å²) in [6.45, 7) is 8.06. The Bertz CT molecular complexity index is 1010. The van der Waals surface area contributed by atoms with Crippen molar-refractivity contribution in [1.29, 1.82) is 0 Å². The average Bonchev–Trinajstić information content (AvgIpc) is 2.84. The Morgan fingerprint density at radius 2 is 1.64 bits per heavy atom. The van der Waals surface area contributed by atoms with Gasteiger partial charge in [0.2, 0.25) is 0 Å². The van der Waals surface area contributed by atoms with Crippen molar-refractivity contribution in [2.24, 2.45) is 5.92 Å². The predicted octanol–water partition coefficient (Wildman–Crippen LogP) is 4.87. The van der Waals surface area contributed by atoms with Crippen LogP contribution in [0.2, 0.25) is 0 Å². The quantitative estimate of drug-likeness (QED) is 0.400. The number of anilines is 1. The smallest absolute Gasteiger partial charge is 0.317 e. The van der Waals surface area contributed by atoms with Crippen molar-refractivity contribution in [2.75, 3.05) is 38.8 Å². The first kappa shape index (κ1) is 24.4. The van der Waals surface area contributed by atoms with E-state index in [1.165, 1.54) is 0 Å². The molecule has 3 rings (SSSR count). The zero-order valence-corrected chi connectivity index (χ0v) is 20.1. The first-order valence-electron chi connectivity index (χ1n) is 11.5. The van der Waals surface area contributed by atoms with Gasteiger partial charge in [-0.1, -0.05) is 18.2 Å². The summed E-state index contributed by atoms with van der Waals surface area (Å²) < 4.78 is 16.1. The van der Waals surface area contributed by atoms with Crippen molar-refractivity contribution in [3.63, 3.8) is 0 Å². The fourth-order valence-electron chi connectivity index (χ4n) is 4.45. The lowest BCUT2D eigenvalue weighted by molar-refractivity contribution is -0.151. The van der Waals surface area contributed by atoms with Gasteiger partial charge in [0, 0.05) is 24.7 Å². The summed E-state index contributed by atoms with van der Waals surface area (Å²) in [5.41, 5.74) is 3.80. The van der Waals surface area contributed by atoms with Crippen molar-refractivity contribution < 1.29 is 23.8 Å². The van der Waals surface area contributed by atoms with Gasteiger partial charge in [-0.2, -0.15) is 0 Å². The average molecular weight is 452 g/mol. The van der Waals surface area contributed by atoms with Gasteiger partial charge in [-0.25, -0.2) is 0 Å². The van der Waals surface area contributed by atoms with Crippen molar-refractivity contribution in [1.82, 2.24) is 0 Å². The second-order valence-corrected chi connectivity index (χ2v) is 7.95. The van der Waals surface area contributed by atoms with Gasteiger partial charge in [0.05, 0.1) is 20.8 Å². The monoisotopic (exact) mass is 451 g/mol. The van der Waals surface area contributed by atoms with Crippen LogP contribution in [0.3, 0.4) is 0 Å². The zero-order valence-electron chi connectivity index (χ0n) is 20.1. The van der Waals surface area contributed by atoms with E-state index in [9.17, 15) is 9.59 Å². The maximum absolute atomic E-state index is 13.2. The molecule has 0 radical (unpaired) electrons. The van der Waals surface area contributed by atoms with E-state index in [1.807, 2.05) is 30.3 Å². The van der Waals surface area contributed by atoms with E-state index in [4.69, 9.17) is 14.2 Å². The van der Waals surface area contributed by atoms with E-state index < -0.39 is 11.9 Å². The number of allylic oxidation sites excluding steroid dienone is 2. The maximum atomic E-state index is 13.2. The molecular formula is C27H33NO5. The van der Waals surface area contributed by atoms with Crippen LogP contribution in [0.5, 0.6) is 11.5 Å². The maximum Gasteiger partial charge on any atom is 0.317 e. The van der Waals surface area contributed by atoms with Gasteiger partial charge >= 0.3 is 5.97 Å². The topological polar surface area (TPSA) is 65.1 Å². The highest BCUT2D eigenvalue weighted by Crippen LogP contribution is 2.42. The number of carbonyl (C=O) groups is 2. The Morgan fingerprint density at radius 3 is 2.21 bits per heavy atom. The van der Waals surface area contributed by atoms with Gasteiger partial charge in [-0.05, 0) is 74.2 Å². The molecule has 6 heteroatoms. The van der Waals surface area contributed by atoms with E-state index in [2.05, 4.69) is 30.9 Å². The number of carbonyl (C=O) groups excluding carboxylic acids is 2. The first-order valence-corrected chi connectivity index (χ1v) is 11.5. The predicted molar refractivity (Wildman–Crippen MR) is 130 cm³/mol. The van der Waals surface area contributed by atoms with Gasteiger partial charge < -0.3 is 19.1 Å². The molecule has 0 bridgehead atoms. The van der Waals surface area contributed by atoms with Crippen LogP contribution in [0.4, 0.5) is 5.69 Å². The van der Waals surface area contributed by atoms with E-state index in [0.717, 1.165) is 35.5 Å². The summed E-state index contributed by atoms with van der Waals surface area (Å²) in [7, 11) is 3.17. The minimum atomic E-state index is -0.854. The Hall–Kier alpha value is -3.28. The van der Waals surface area contributed by atoms with Crippen molar-refractivity contribution >= 4 is 23.0 Å². The first-order chi connectivity index (χ1) is 16.0. The van der Waals surface area contributed by atoms with Crippen LogP contribution >= 0.6 is 0 Å². The molecule has 1 aliphatic carbocycles. The van der Waals surface area contributed by atoms with E-state index in [0.29, 0.717) is 17.9 Å². The lowest BCUT2D eigenvalue weighted by Crippen LogP contribution is -2.34. The number of methoxy groups -OCH3 is 2. The summed E-state index contributed by atoms with van der Waals surface area (Å²) in [5, 5.41) is 0. The second-order valence-electron chi connectivity index (χ2n) is 7.95. The Kier molecular flexibility index (Phi) is 8.15. The molecule has 176 valence electrons. The molecule has 0 heterocycles. The Morgan fingerprint density at radius 1 is 0.970 bits per heavy atom. The van der Waals surface area contributed by atoms with Crippen LogP contribution in [-0.4, -0.2) is 45.7 Å². The second kappa shape index (κ2) is 11.0. The highest BCUT2D eigenvalue weighted by atomic mass is 16.5. The minimum Gasteiger partial charge on any atom is -0.493 e. The van der Waals surface area contributed by atoms with E-state index in [1.54, 1.807) is 27.2 Å². The number of ketones is 1. The molecule has 2 aromatic carbocycles. The lowest BCUT2D eigenvalue weighted by Gasteiger charge is -2.30. The number of nitrogens with zero attached hydrogens (tertiary/aromatic N) is 1. The van der Waals surface area contributed by atoms with Crippen LogP contribution in [0, 0.1) is 5.92 Å². The number of hydrogen-bond acceptors (Lipinski definition) is 6. The fourth-order valence-corrected chi connectivity index (χ4v) is 4.45. The van der Waals surface area contributed by atoms with Crippen molar-refractivity contribution in [3.05, 3.63) is 59.7 Å². The summed E-state index contributed by atoms with van der Waals surface area (Å²) in [5.74, 6) is -0.651. The largest absolute Gasteiger partial charge is 0.493 e. The summed E-state index contributed by atoms with van der Waals surface area (Å²) in [6, 6.07) is 13.8. The number of rotatable bonds is 9. The van der Waals surface area contributed by atoms with Gasteiger partial charge in [0.15, 0.2) is 17.3 Å². The molecule has 0 spiro atoms. The summed E-state index contributed by atoms with van der Waals surface area (Å²) in [4.78, 5) is 28.2. The number of benzene rings is 2. The van der Waals surface area contributed by atoms with Gasteiger partial charge in [-0.15, -0.1) is 0 Å². The SMILES string of the molecule is CCOC(=O)C1C(=O)C=C(c2ccc(OC)c(OC)c2)CC1c1ccc(N(CC)CC)cc1. The molecular weight excluding hydrogens is 418 g/mol. The van der Waals surface area contributed by atoms with Crippen LogP contribution in [-0.2, 0) is 14.3 Å². The lowest BCUT2D eigenvalue weighted by atomic mass is 9.73. The van der Waals surface area contributed by atoms with Crippen LogP contribution < -0.4 is 14.4 Å². The zero-order chi connectivity index (χ0) is 24.0. The molecule has 0 N–H and O–H groups in total. The fraction of sp³-hybridized carbons (Fsp3) is 0.407. The molecule has 2 unspecified atom stereocenters. The van der Waals surface area contributed by atoms with Crippen LogP contribution in [0.15, 0.2) is 48.5 Å². The minimum absolute atomic E-state index is 0.234. The highest BCUT2D eigenvalue weighted by molar-refractivity contribution is 6.10. The van der Waals surface area contributed by atoms with Crippen LogP contribution in [0.1, 0.15) is 44.2 Å². The molecule has 6 nitrogen and oxygen atoms in total. The third-order valence-electron chi connectivity index (χ3n) is 6.21. The van der Waals surface area contributed by atoms with Gasteiger partial charge in [0.25, 0.3) is 0 Å². The molecule has 2 atom stereocenters. The molecule has 1 aliphatic rings. The van der Waals surface area contributed by atoms with E-state index in [-0.39, 0.29) is 18.3 Å². The molecule has 0 saturated heterocycles. The molecule has 0 saturated carbocycles.